The lowest BCUT2D eigenvalue weighted by atomic mass is 10.0. The number of halogens is 1. The molecule has 1 amide bonds. The van der Waals surface area contributed by atoms with Crippen molar-refractivity contribution in [3.8, 4) is 0 Å². The largest absolute Gasteiger partial charge is 0.399 e. The van der Waals surface area contributed by atoms with Gasteiger partial charge in [-0.2, -0.15) is 0 Å². The molecule has 1 aromatic carbocycles. The molecule has 0 saturated heterocycles. The van der Waals surface area contributed by atoms with Crippen LogP contribution in [0.25, 0.3) is 0 Å². The van der Waals surface area contributed by atoms with E-state index in [4.69, 9.17) is 5.73 Å². The summed E-state index contributed by atoms with van der Waals surface area (Å²) in [7, 11) is 0. The summed E-state index contributed by atoms with van der Waals surface area (Å²) in [5.41, 5.74) is 5.82. The zero-order chi connectivity index (χ0) is 15.0. The molecule has 3 N–H and O–H groups in total. The fraction of sp³-hybridized carbons (Fsp3) is 0.562. The van der Waals surface area contributed by atoms with Crippen LogP contribution in [0, 0.1) is 11.7 Å². The second kappa shape index (κ2) is 8.56. The van der Waals surface area contributed by atoms with E-state index in [1.165, 1.54) is 37.5 Å². The number of benzene rings is 1. The molecule has 0 heterocycles. The molecule has 0 aliphatic carbocycles. The molecule has 0 fully saturated rings. The van der Waals surface area contributed by atoms with Crippen LogP contribution in [0.2, 0.25) is 0 Å². The first kappa shape index (κ1) is 16.5. The molecule has 0 aliphatic heterocycles. The summed E-state index contributed by atoms with van der Waals surface area (Å²) in [6.07, 6.45) is 5.70. The summed E-state index contributed by atoms with van der Waals surface area (Å²) in [4.78, 5) is 11.8. The van der Waals surface area contributed by atoms with Gasteiger partial charge in [-0.3, -0.25) is 4.79 Å². The Labute approximate surface area is 120 Å². The lowest BCUT2D eigenvalue weighted by Crippen LogP contribution is -2.25. The molecule has 0 saturated carbocycles. The van der Waals surface area contributed by atoms with E-state index in [0.717, 1.165) is 18.8 Å². The second-order valence-corrected chi connectivity index (χ2v) is 5.59. The van der Waals surface area contributed by atoms with Gasteiger partial charge in [-0.25, -0.2) is 4.39 Å². The number of unbranched alkanes of at least 4 members (excludes halogenated alkanes) is 3. The van der Waals surface area contributed by atoms with Gasteiger partial charge in [0.1, 0.15) is 5.82 Å². The average molecular weight is 280 g/mol. The minimum Gasteiger partial charge on any atom is -0.399 e. The van der Waals surface area contributed by atoms with E-state index in [9.17, 15) is 9.18 Å². The summed E-state index contributed by atoms with van der Waals surface area (Å²) in [5.74, 6) is -0.188. The third-order valence-corrected chi connectivity index (χ3v) is 3.23. The van der Waals surface area contributed by atoms with Crippen LogP contribution in [0.3, 0.4) is 0 Å². The predicted molar refractivity (Wildman–Crippen MR) is 81.1 cm³/mol. The van der Waals surface area contributed by atoms with E-state index in [1.54, 1.807) is 0 Å². The van der Waals surface area contributed by atoms with Crippen molar-refractivity contribution in [2.75, 3.05) is 12.3 Å². The Balaban J connectivity index is 2.20. The molecule has 1 aromatic rings. The van der Waals surface area contributed by atoms with Gasteiger partial charge >= 0.3 is 0 Å². The van der Waals surface area contributed by atoms with Gasteiger partial charge in [-0.05, 0) is 30.5 Å². The number of carbonyl (C=O) groups is 1. The maximum atomic E-state index is 13.5. The molecule has 0 bridgehead atoms. The van der Waals surface area contributed by atoms with Crippen molar-refractivity contribution in [1.29, 1.82) is 0 Å². The lowest BCUT2D eigenvalue weighted by Gasteiger charge is -2.07. The van der Waals surface area contributed by atoms with E-state index < -0.39 is 5.82 Å². The Bertz CT molecular complexity index is 432. The number of nitrogens with two attached hydrogens (primary N) is 1. The molecule has 0 radical (unpaired) electrons. The number of carbonyl (C=O) groups excluding carboxylic acids is 1. The van der Waals surface area contributed by atoms with Gasteiger partial charge in [0.2, 0.25) is 0 Å². The average Bonchev–Trinajstić information content (AvgIpc) is 2.37. The minimum absolute atomic E-state index is 0.0546. The third kappa shape index (κ3) is 6.04. The van der Waals surface area contributed by atoms with Crippen LogP contribution in [0.15, 0.2) is 18.2 Å². The maximum Gasteiger partial charge on any atom is 0.254 e. The molecule has 0 atom stereocenters. The second-order valence-electron chi connectivity index (χ2n) is 5.59. The highest BCUT2D eigenvalue weighted by Crippen LogP contribution is 2.12. The highest BCUT2D eigenvalue weighted by molar-refractivity contribution is 5.94. The molecule has 4 heteroatoms. The van der Waals surface area contributed by atoms with Crippen LogP contribution >= 0.6 is 0 Å². The first-order valence-corrected chi connectivity index (χ1v) is 7.34. The van der Waals surface area contributed by atoms with Gasteiger partial charge in [0.25, 0.3) is 5.91 Å². The monoisotopic (exact) mass is 280 g/mol. The molecule has 0 aliphatic rings. The van der Waals surface area contributed by atoms with Crippen molar-refractivity contribution < 1.29 is 9.18 Å². The van der Waals surface area contributed by atoms with E-state index in [0.29, 0.717) is 12.2 Å². The molecule has 112 valence electrons. The first-order chi connectivity index (χ1) is 9.50. The van der Waals surface area contributed by atoms with Crippen molar-refractivity contribution in [2.24, 2.45) is 5.92 Å². The highest BCUT2D eigenvalue weighted by atomic mass is 19.1. The Morgan fingerprint density at radius 3 is 2.60 bits per heavy atom. The Hall–Kier alpha value is -1.58. The van der Waals surface area contributed by atoms with Crippen LogP contribution in [-0.4, -0.2) is 12.5 Å². The van der Waals surface area contributed by atoms with Crippen molar-refractivity contribution in [1.82, 2.24) is 5.32 Å². The zero-order valence-corrected chi connectivity index (χ0v) is 12.4. The molecule has 1 rings (SSSR count). The number of hydrogen-bond acceptors (Lipinski definition) is 2. The highest BCUT2D eigenvalue weighted by Gasteiger charge is 2.10. The SMILES string of the molecule is CC(C)CCCCCCNC(=O)c1ccc(N)cc1F. The summed E-state index contributed by atoms with van der Waals surface area (Å²) in [6, 6.07) is 4.12. The molecule has 0 aromatic heterocycles. The normalized spacial score (nSPS) is 10.8. The number of hydrogen-bond donors (Lipinski definition) is 2. The van der Waals surface area contributed by atoms with Crippen LogP contribution in [0.5, 0.6) is 0 Å². The van der Waals surface area contributed by atoms with E-state index >= 15 is 0 Å². The van der Waals surface area contributed by atoms with Crippen molar-refractivity contribution >= 4 is 11.6 Å². The van der Waals surface area contributed by atoms with Crippen LogP contribution in [0.1, 0.15) is 56.3 Å². The Kier molecular flexibility index (Phi) is 7.05. The van der Waals surface area contributed by atoms with Crippen molar-refractivity contribution in [3.05, 3.63) is 29.6 Å². The molecule has 0 spiro atoms. The maximum absolute atomic E-state index is 13.5. The molecular formula is C16H25FN2O. The van der Waals surface area contributed by atoms with Gasteiger partial charge in [-0.1, -0.05) is 39.5 Å². The number of rotatable bonds is 8. The fourth-order valence-electron chi connectivity index (χ4n) is 2.04. The van der Waals surface area contributed by atoms with E-state index in [1.807, 2.05) is 0 Å². The summed E-state index contributed by atoms with van der Waals surface area (Å²) in [5, 5.41) is 2.74. The molecule has 20 heavy (non-hydrogen) atoms. The number of nitrogen functional groups attached to an aromatic ring is 1. The first-order valence-electron chi connectivity index (χ1n) is 7.34. The Morgan fingerprint density at radius 1 is 1.25 bits per heavy atom. The molecular weight excluding hydrogens is 255 g/mol. The van der Waals surface area contributed by atoms with Gasteiger partial charge in [0.05, 0.1) is 5.56 Å². The van der Waals surface area contributed by atoms with E-state index in [2.05, 4.69) is 19.2 Å². The number of nitrogens with one attached hydrogen (secondary N) is 1. The minimum atomic E-state index is -0.570. The lowest BCUT2D eigenvalue weighted by molar-refractivity contribution is 0.0949. The quantitative estimate of drug-likeness (QED) is 0.563. The molecule has 0 unspecified atom stereocenters. The summed E-state index contributed by atoms with van der Waals surface area (Å²) >= 11 is 0. The van der Waals surface area contributed by atoms with Gasteiger partial charge in [0.15, 0.2) is 0 Å². The van der Waals surface area contributed by atoms with Crippen molar-refractivity contribution in [2.45, 2.75) is 46.0 Å². The van der Waals surface area contributed by atoms with Crippen LogP contribution in [-0.2, 0) is 0 Å². The summed E-state index contributed by atoms with van der Waals surface area (Å²) < 4.78 is 13.5. The van der Waals surface area contributed by atoms with Gasteiger partial charge < -0.3 is 11.1 Å². The third-order valence-electron chi connectivity index (χ3n) is 3.23. The van der Waals surface area contributed by atoms with E-state index in [-0.39, 0.29) is 11.5 Å². The number of amides is 1. The smallest absolute Gasteiger partial charge is 0.254 e. The molecule has 3 nitrogen and oxygen atoms in total. The fourth-order valence-corrected chi connectivity index (χ4v) is 2.04. The predicted octanol–water partition coefficient (Wildman–Crippen LogP) is 3.74. The van der Waals surface area contributed by atoms with Gasteiger partial charge in [-0.15, -0.1) is 0 Å². The topological polar surface area (TPSA) is 55.1 Å². The Morgan fingerprint density at radius 2 is 1.95 bits per heavy atom. The number of anilines is 1. The van der Waals surface area contributed by atoms with Gasteiger partial charge in [0, 0.05) is 12.2 Å². The van der Waals surface area contributed by atoms with Crippen LogP contribution < -0.4 is 11.1 Å². The van der Waals surface area contributed by atoms with Crippen molar-refractivity contribution in [3.63, 3.8) is 0 Å². The standard InChI is InChI=1S/C16H25FN2O/c1-12(2)7-5-3-4-6-10-19-16(20)14-9-8-13(18)11-15(14)17/h8-9,11-12H,3-7,10,18H2,1-2H3,(H,19,20). The van der Waals surface area contributed by atoms with Crippen LogP contribution in [0.4, 0.5) is 10.1 Å². The zero-order valence-electron chi connectivity index (χ0n) is 12.4. The summed E-state index contributed by atoms with van der Waals surface area (Å²) in [6.45, 7) is 5.03.